The van der Waals surface area contributed by atoms with Crippen LogP contribution >= 0.6 is 11.6 Å². The standard InChI is InChI=1S/C18H17ClFN3O5S/c19-13-3-6-15(7-4-13)29(27,28)22-9-1-2-12(11-22)18(24)21-17-10-14(23(25)26)5-8-16(17)20/h3-8,10,12H,1-2,9,11H2,(H,21,24). The third kappa shape index (κ3) is 4.72. The van der Waals surface area contributed by atoms with Crippen LogP contribution in [0.25, 0.3) is 0 Å². The van der Waals surface area contributed by atoms with Crippen LogP contribution < -0.4 is 5.32 Å². The maximum Gasteiger partial charge on any atom is 0.271 e. The molecule has 0 bridgehead atoms. The Morgan fingerprint density at radius 3 is 2.59 bits per heavy atom. The van der Waals surface area contributed by atoms with Crippen molar-refractivity contribution in [3.63, 3.8) is 0 Å². The number of hydrogen-bond donors (Lipinski definition) is 1. The SMILES string of the molecule is O=C(Nc1cc([N+](=O)[O-])ccc1F)C1CCCN(S(=O)(=O)c2ccc(Cl)cc2)C1. The van der Waals surface area contributed by atoms with Crippen LogP contribution in [0.5, 0.6) is 0 Å². The van der Waals surface area contributed by atoms with Crippen molar-refractivity contribution < 1.29 is 22.5 Å². The topological polar surface area (TPSA) is 110 Å². The number of non-ortho nitro benzene ring substituents is 1. The van der Waals surface area contributed by atoms with Crippen molar-refractivity contribution in [1.29, 1.82) is 0 Å². The average Bonchev–Trinajstić information content (AvgIpc) is 2.70. The predicted octanol–water partition coefficient (Wildman–Crippen LogP) is 3.43. The highest BCUT2D eigenvalue weighted by Gasteiger charge is 2.33. The molecule has 1 unspecified atom stereocenters. The first-order chi connectivity index (χ1) is 13.7. The highest BCUT2D eigenvalue weighted by molar-refractivity contribution is 7.89. The number of halogens is 2. The molecule has 1 aliphatic rings. The summed E-state index contributed by atoms with van der Waals surface area (Å²) >= 11 is 5.80. The molecule has 8 nitrogen and oxygen atoms in total. The van der Waals surface area contributed by atoms with Gasteiger partial charge in [0.25, 0.3) is 5.69 Å². The summed E-state index contributed by atoms with van der Waals surface area (Å²) < 4.78 is 40.8. The van der Waals surface area contributed by atoms with Crippen molar-refractivity contribution in [2.24, 2.45) is 5.92 Å². The summed E-state index contributed by atoms with van der Waals surface area (Å²) in [5.41, 5.74) is -0.681. The number of nitrogens with one attached hydrogen (secondary N) is 1. The molecule has 11 heteroatoms. The van der Waals surface area contributed by atoms with E-state index in [2.05, 4.69) is 5.32 Å². The third-order valence-corrected chi connectivity index (χ3v) is 6.76. The number of amides is 1. The number of nitro benzene ring substituents is 1. The molecule has 1 saturated heterocycles. The molecule has 2 aromatic rings. The van der Waals surface area contributed by atoms with Crippen molar-refractivity contribution in [3.05, 3.63) is 63.4 Å². The van der Waals surface area contributed by atoms with E-state index >= 15 is 0 Å². The number of nitro groups is 1. The Hall–Kier alpha value is -2.56. The summed E-state index contributed by atoms with van der Waals surface area (Å²) in [6, 6.07) is 8.52. The lowest BCUT2D eigenvalue weighted by molar-refractivity contribution is -0.384. The molecule has 1 heterocycles. The zero-order chi connectivity index (χ0) is 21.2. The number of anilines is 1. The van der Waals surface area contributed by atoms with Gasteiger partial charge >= 0.3 is 0 Å². The number of carbonyl (C=O) groups is 1. The van der Waals surface area contributed by atoms with E-state index in [0.717, 1.165) is 18.2 Å². The zero-order valence-corrected chi connectivity index (χ0v) is 16.6. The summed E-state index contributed by atoms with van der Waals surface area (Å²) in [5.74, 6) is -2.13. The summed E-state index contributed by atoms with van der Waals surface area (Å²) in [4.78, 5) is 22.8. The highest BCUT2D eigenvalue weighted by atomic mass is 35.5. The summed E-state index contributed by atoms with van der Waals surface area (Å²) in [5, 5.41) is 13.6. The number of piperidine rings is 1. The Balaban J connectivity index is 1.75. The average molecular weight is 442 g/mol. The van der Waals surface area contributed by atoms with E-state index in [0.29, 0.717) is 17.9 Å². The second-order valence-electron chi connectivity index (χ2n) is 6.57. The van der Waals surface area contributed by atoms with Gasteiger partial charge in [0.2, 0.25) is 15.9 Å². The lowest BCUT2D eigenvalue weighted by atomic mass is 9.98. The molecule has 154 valence electrons. The van der Waals surface area contributed by atoms with Crippen molar-refractivity contribution >= 4 is 38.9 Å². The van der Waals surface area contributed by atoms with E-state index in [9.17, 15) is 27.7 Å². The monoisotopic (exact) mass is 441 g/mol. The van der Waals surface area contributed by atoms with Crippen molar-refractivity contribution in [1.82, 2.24) is 4.31 Å². The Morgan fingerprint density at radius 1 is 1.24 bits per heavy atom. The molecular weight excluding hydrogens is 425 g/mol. The van der Waals surface area contributed by atoms with Gasteiger partial charge in [0.05, 0.1) is 21.4 Å². The minimum Gasteiger partial charge on any atom is -0.323 e. The van der Waals surface area contributed by atoms with Gasteiger partial charge in [-0.1, -0.05) is 11.6 Å². The third-order valence-electron chi connectivity index (χ3n) is 4.62. The van der Waals surface area contributed by atoms with Gasteiger partial charge in [-0.2, -0.15) is 4.31 Å². The van der Waals surface area contributed by atoms with E-state index < -0.39 is 32.6 Å². The number of hydrogen-bond acceptors (Lipinski definition) is 5. The van der Waals surface area contributed by atoms with E-state index in [-0.39, 0.29) is 29.4 Å². The Labute approximate surface area is 171 Å². The van der Waals surface area contributed by atoms with Crippen LogP contribution in [0, 0.1) is 21.8 Å². The Kier molecular flexibility index (Phi) is 6.15. The predicted molar refractivity (Wildman–Crippen MR) is 105 cm³/mol. The fraction of sp³-hybridized carbons (Fsp3) is 0.278. The second-order valence-corrected chi connectivity index (χ2v) is 8.94. The van der Waals surface area contributed by atoms with Gasteiger partial charge in [0.15, 0.2) is 0 Å². The molecule has 0 saturated carbocycles. The van der Waals surface area contributed by atoms with Crippen molar-refractivity contribution in [2.45, 2.75) is 17.7 Å². The van der Waals surface area contributed by atoms with Crippen LogP contribution in [0.2, 0.25) is 5.02 Å². The molecule has 1 amide bonds. The van der Waals surface area contributed by atoms with Crippen LogP contribution in [0.15, 0.2) is 47.4 Å². The number of benzene rings is 2. The summed E-state index contributed by atoms with van der Waals surface area (Å²) in [6.07, 6.45) is 0.858. The summed E-state index contributed by atoms with van der Waals surface area (Å²) in [7, 11) is -3.81. The molecule has 0 aromatic heterocycles. The first-order valence-corrected chi connectivity index (χ1v) is 10.5. The molecule has 1 N–H and O–H groups in total. The van der Waals surface area contributed by atoms with Gasteiger partial charge in [0.1, 0.15) is 5.82 Å². The zero-order valence-electron chi connectivity index (χ0n) is 15.0. The fourth-order valence-electron chi connectivity index (χ4n) is 3.09. The molecule has 2 aromatic carbocycles. The van der Waals surface area contributed by atoms with Crippen LogP contribution in [0.1, 0.15) is 12.8 Å². The van der Waals surface area contributed by atoms with E-state index in [1.165, 1.54) is 28.6 Å². The minimum absolute atomic E-state index is 0.0627. The highest BCUT2D eigenvalue weighted by Crippen LogP contribution is 2.27. The Morgan fingerprint density at radius 2 is 1.93 bits per heavy atom. The smallest absolute Gasteiger partial charge is 0.271 e. The molecule has 1 atom stereocenters. The molecule has 3 rings (SSSR count). The number of carbonyl (C=O) groups excluding carboxylic acids is 1. The number of nitrogens with zero attached hydrogens (tertiary/aromatic N) is 2. The lowest BCUT2D eigenvalue weighted by Crippen LogP contribution is -2.43. The van der Waals surface area contributed by atoms with Crippen LogP contribution in [-0.4, -0.2) is 36.6 Å². The normalized spacial score (nSPS) is 17.7. The van der Waals surface area contributed by atoms with Gasteiger partial charge in [-0.25, -0.2) is 12.8 Å². The lowest BCUT2D eigenvalue weighted by Gasteiger charge is -2.31. The summed E-state index contributed by atoms with van der Waals surface area (Å²) in [6.45, 7) is 0.174. The molecule has 0 aliphatic carbocycles. The first-order valence-electron chi connectivity index (χ1n) is 8.69. The van der Waals surface area contributed by atoms with Gasteiger partial charge in [-0.05, 0) is 43.2 Å². The van der Waals surface area contributed by atoms with Crippen LogP contribution in [-0.2, 0) is 14.8 Å². The molecular formula is C18H17ClFN3O5S. The number of sulfonamides is 1. The van der Waals surface area contributed by atoms with E-state index in [1.807, 2.05) is 0 Å². The van der Waals surface area contributed by atoms with Gasteiger partial charge < -0.3 is 5.32 Å². The van der Waals surface area contributed by atoms with Gasteiger partial charge in [-0.15, -0.1) is 0 Å². The fourth-order valence-corrected chi connectivity index (χ4v) is 4.74. The maximum absolute atomic E-state index is 13.9. The molecule has 0 spiro atoms. The van der Waals surface area contributed by atoms with E-state index in [4.69, 9.17) is 11.6 Å². The van der Waals surface area contributed by atoms with Crippen LogP contribution in [0.4, 0.5) is 15.8 Å². The quantitative estimate of drug-likeness (QED) is 0.564. The molecule has 1 fully saturated rings. The largest absolute Gasteiger partial charge is 0.323 e. The minimum atomic E-state index is -3.81. The maximum atomic E-state index is 13.9. The number of rotatable bonds is 5. The molecule has 0 radical (unpaired) electrons. The van der Waals surface area contributed by atoms with Gasteiger partial charge in [0, 0.05) is 30.2 Å². The Bertz CT molecular complexity index is 1050. The van der Waals surface area contributed by atoms with Crippen molar-refractivity contribution in [2.75, 3.05) is 18.4 Å². The molecule has 29 heavy (non-hydrogen) atoms. The van der Waals surface area contributed by atoms with Crippen molar-refractivity contribution in [3.8, 4) is 0 Å². The van der Waals surface area contributed by atoms with Crippen LogP contribution in [0.3, 0.4) is 0 Å². The first kappa shape index (κ1) is 21.2. The molecule has 1 aliphatic heterocycles. The second kappa shape index (κ2) is 8.44. The van der Waals surface area contributed by atoms with E-state index in [1.54, 1.807) is 0 Å². The van der Waals surface area contributed by atoms with Gasteiger partial charge in [-0.3, -0.25) is 14.9 Å².